The zero-order chi connectivity index (χ0) is 27.4. The van der Waals surface area contributed by atoms with E-state index in [0.717, 1.165) is 30.0 Å². The summed E-state index contributed by atoms with van der Waals surface area (Å²) in [6, 6.07) is 11.4. The molecule has 1 aliphatic heterocycles. The third-order valence-corrected chi connectivity index (χ3v) is 6.61. The molecule has 2 aromatic carbocycles. The average Bonchev–Trinajstić information content (AvgIpc) is 3.01. The molecule has 0 amide bonds. The number of fused-ring (bicyclic) bond motifs is 3. The number of carboxylic acid groups (broad SMARTS) is 2. The monoisotopic (exact) mass is 543 g/mol. The van der Waals surface area contributed by atoms with Crippen LogP contribution >= 0.6 is 11.6 Å². The number of alkyl halides is 3. The van der Waals surface area contributed by atoms with E-state index >= 15 is 0 Å². The largest absolute Gasteiger partial charge is 0.490 e. The van der Waals surface area contributed by atoms with Gasteiger partial charge in [0.05, 0.1) is 31.7 Å². The fourth-order valence-electron chi connectivity index (χ4n) is 4.59. The van der Waals surface area contributed by atoms with Crippen molar-refractivity contribution in [2.24, 2.45) is 0 Å². The van der Waals surface area contributed by atoms with Crippen molar-refractivity contribution in [1.82, 2.24) is 0 Å². The Kier molecular flexibility index (Phi) is 8.57. The molecule has 12 heteroatoms. The number of hydrogen-bond acceptors (Lipinski definition) is 6. The second kappa shape index (κ2) is 11.3. The number of carbonyl (C=O) groups excluding carboxylic acids is 1. The van der Waals surface area contributed by atoms with Crippen LogP contribution < -0.4 is 10.1 Å². The summed E-state index contributed by atoms with van der Waals surface area (Å²) in [5, 5.41) is 20.6. The molecule has 4 rings (SSSR count). The van der Waals surface area contributed by atoms with Crippen LogP contribution in [0.2, 0.25) is 5.02 Å². The number of hydrogen-bond donors (Lipinski definition) is 3. The molecular formula is C25H25ClF3NO7. The molecule has 0 radical (unpaired) electrons. The number of nitrogens with one attached hydrogen (secondary N) is 1. The van der Waals surface area contributed by atoms with Crippen LogP contribution in [0.15, 0.2) is 36.4 Å². The van der Waals surface area contributed by atoms with E-state index in [9.17, 15) is 27.9 Å². The van der Waals surface area contributed by atoms with E-state index in [4.69, 9.17) is 31.0 Å². The molecule has 3 N–H and O–H groups in total. The predicted octanol–water partition coefficient (Wildman–Crippen LogP) is 4.78. The maximum Gasteiger partial charge on any atom is 0.490 e. The smallest absolute Gasteiger partial charge is 0.490 e. The van der Waals surface area contributed by atoms with E-state index in [-0.39, 0.29) is 11.8 Å². The molecule has 0 saturated heterocycles. The van der Waals surface area contributed by atoms with Crippen molar-refractivity contribution in [3.05, 3.63) is 58.1 Å². The van der Waals surface area contributed by atoms with Crippen LogP contribution in [-0.4, -0.2) is 54.6 Å². The van der Waals surface area contributed by atoms with E-state index in [0.29, 0.717) is 24.5 Å². The van der Waals surface area contributed by atoms with Crippen molar-refractivity contribution in [3.63, 3.8) is 0 Å². The Labute approximate surface area is 215 Å². The summed E-state index contributed by atoms with van der Waals surface area (Å²) in [6.07, 6.45) is -2.35. The van der Waals surface area contributed by atoms with Gasteiger partial charge in [-0.1, -0.05) is 23.7 Å². The van der Waals surface area contributed by atoms with Crippen LogP contribution in [0.25, 0.3) is 0 Å². The van der Waals surface area contributed by atoms with Crippen molar-refractivity contribution in [2.75, 3.05) is 25.6 Å². The summed E-state index contributed by atoms with van der Waals surface area (Å²) in [5.41, 5.74) is 3.70. The van der Waals surface area contributed by atoms with E-state index in [1.165, 1.54) is 18.2 Å². The van der Waals surface area contributed by atoms with Gasteiger partial charge in [0, 0.05) is 17.0 Å². The van der Waals surface area contributed by atoms with E-state index in [1.54, 1.807) is 18.2 Å². The number of ether oxygens (including phenoxy) is 2. The number of esters is 1. The molecule has 2 atom stereocenters. The Morgan fingerprint density at radius 3 is 2.51 bits per heavy atom. The van der Waals surface area contributed by atoms with E-state index in [2.05, 4.69) is 11.4 Å². The first kappa shape index (κ1) is 28.1. The van der Waals surface area contributed by atoms with Gasteiger partial charge >= 0.3 is 24.1 Å². The Morgan fingerprint density at radius 2 is 1.89 bits per heavy atom. The van der Waals surface area contributed by atoms with Crippen LogP contribution in [0.4, 0.5) is 18.9 Å². The summed E-state index contributed by atoms with van der Waals surface area (Å²) in [7, 11) is 1.26. The average molecular weight is 544 g/mol. The number of aliphatic carboxylic acids is 2. The van der Waals surface area contributed by atoms with Gasteiger partial charge in [0.25, 0.3) is 0 Å². The highest BCUT2D eigenvalue weighted by Crippen LogP contribution is 2.42. The summed E-state index contributed by atoms with van der Waals surface area (Å²) in [6.45, 7) is 1.22. The lowest BCUT2D eigenvalue weighted by Crippen LogP contribution is -2.41. The van der Waals surface area contributed by atoms with Crippen LogP contribution in [-0.2, 0) is 31.0 Å². The Morgan fingerprint density at radius 1 is 1.19 bits per heavy atom. The van der Waals surface area contributed by atoms with Crippen molar-refractivity contribution < 1.29 is 47.2 Å². The van der Waals surface area contributed by atoms with E-state index < -0.39 is 30.0 Å². The fraction of sp³-hybridized carbons (Fsp3) is 0.400. The molecule has 0 bridgehead atoms. The fourth-order valence-corrected chi connectivity index (χ4v) is 4.78. The SMILES string of the molecule is COC(=O)C(CC(=O)O)c1ccc2c(c1)NC[C@@]1(CCCc3cc(Cl)ccc31)CO2.O=C(O)C(F)(F)F. The molecule has 37 heavy (non-hydrogen) atoms. The molecule has 2 aliphatic rings. The molecule has 1 spiro atoms. The number of methoxy groups -OCH3 is 1. The molecule has 200 valence electrons. The first-order valence-electron chi connectivity index (χ1n) is 11.3. The Bertz CT molecular complexity index is 1190. The quantitative estimate of drug-likeness (QED) is 0.471. The highest BCUT2D eigenvalue weighted by molar-refractivity contribution is 6.30. The van der Waals surface area contributed by atoms with Crippen molar-refractivity contribution in [1.29, 1.82) is 0 Å². The summed E-state index contributed by atoms with van der Waals surface area (Å²) < 4.78 is 42.8. The zero-order valence-electron chi connectivity index (χ0n) is 19.7. The molecule has 1 heterocycles. The summed E-state index contributed by atoms with van der Waals surface area (Å²) in [5.74, 6) is -4.56. The second-order valence-corrected chi connectivity index (χ2v) is 9.25. The molecule has 0 fully saturated rings. The number of anilines is 1. The number of carbonyl (C=O) groups is 3. The van der Waals surface area contributed by atoms with Crippen LogP contribution in [0.5, 0.6) is 5.75 Å². The van der Waals surface area contributed by atoms with Gasteiger partial charge in [-0.2, -0.15) is 13.2 Å². The van der Waals surface area contributed by atoms with Gasteiger partial charge in [-0.3, -0.25) is 9.59 Å². The number of rotatable bonds is 4. The number of benzene rings is 2. The molecule has 8 nitrogen and oxygen atoms in total. The molecule has 2 aromatic rings. The topological polar surface area (TPSA) is 122 Å². The van der Waals surface area contributed by atoms with Gasteiger partial charge in [-0.05, 0) is 60.2 Å². The van der Waals surface area contributed by atoms with Crippen LogP contribution in [0, 0.1) is 0 Å². The number of halogens is 4. The normalized spacial score (nSPS) is 18.9. The van der Waals surface area contributed by atoms with Gasteiger partial charge in [0.15, 0.2) is 0 Å². The highest BCUT2D eigenvalue weighted by Gasteiger charge is 2.40. The first-order chi connectivity index (χ1) is 17.4. The minimum Gasteiger partial charge on any atom is -0.490 e. The summed E-state index contributed by atoms with van der Waals surface area (Å²) in [4.78, 5) is 32.3. The van der Waals surface area contributed by atoms with Crippen molar-refractivity contribution >= 4 is 35.2 Å². The molecule has 1 unspecified atom stereocenters. The van der Waals surface area contributed by atoms with E-state index in [1.807, 2.05) is 12.1 Å². The molecule has 1 aliphatic carbocycles. The van der Waals surface area contributed by atoms with Gasteiger partial charge in [-0.15, -0.1) is 0 Å². The maximum absolute atomic E-state index is 12.1. The number of aryl methyl sites for hydroxylation is 1. The standard InChI is InChI=1S/C23H24ClNO5.C2HF3O2/c1-29-22(28)17(11-21(26)27)14-4-7-20-19(10-14)25-12-23(13-30-20)8-2-3-15-9-16(24)5-6-18(15)23;3-2(4,5)1(6)7/h4-7,9-10,17,25H,2-3,8,11-13H2,1H3,(H,26,27);(H,6,7)/t17?,23-;/m0./s1. The Hall–Kier alpha value is -3.47. The van der Waals surface area contributed by atoms with Gasteiger partial charge < -0.3 is 25.0 Å². The Balaban J connectivity index is 0.000000479. The summed E-state index contributed by atoms with van der Waals surface area (Å²) >= 11 is 6.20. The second-order valence-electron chi connectivity index (χ2n) is 8.81. The lowest BCUT2D eigenvalue weighted by molar-refractivity contribution is -0.192. The van der Waals surface area contributed by atoms with Crippen LogP contribution in [0.1, 0.15) is 41.9 Å². The van der Waals surface area contributed by atoms with Gasteiger partial charge in [0.1, 0.15) is 5.75 Å². The number of carboxylic acids is 2. The lowest BCUT2D eigenvalue weighted by atomic mass is 9.70. The van der Waals surface area contributed by atoms with Gasteiger partial charge in [-0.25, -0.2) is 4.79 Å². The predicted molar refractivity (Wildman–Crippen MR) is 127 cm³/mol. The van der Waals surface area contributed by atoms with Crippen molar-refractivity contribution in [3.8, 4) is 5.75 Å². The van der Waals surface area contributed by atoms with Gasteiger partial charge in [0.2, 0.25) is 0 Å². The third kappa shape index (κ3) is 6.65. The minimum absolute atomic E-state index is 0.166. The highest BCUT2D eigenvalue weighted by atomic mass is 35.5. The zero-order valence-corrected chi connectivity index (χ0v) is 20.5. The van der Waals surface area contributed by atoms with Crippen molar-refractivity contribution in [2.45, 2.75) is 43.2 Å². The minimum atomic E-state index is -5.08. The molecule has 0 saturated carbocycles. The van der Waals surface area contributed by atoms with Crippen LogP contribution in [0.3, 0.4) is 0 Å². The third-order valence-electron chi connectivity index (χ3n) is 6.37. The molecular weight excluding hydrogens is 519 g/mol. The molecule has 0 aromatic heterocycles. The maximum atomic E-state index is 12.1. The first-order valence-corrected chi connectivity index (χ1v) is 11.6. The lowest BCUT2D eigenvalue weighted by Gasteiger charge is -2.37.